The molecule has 9 heteroatoms. The monoisotopic (exact) mass is 378 g/mol. The van der Waals surface area contributed by atoms with Gasteiger partial charge >= 0.3 is 0 Å². The molecule has 1 unspecified atom stereocenters. The van der Waals surface area contributed by atoms with Gasteiger partial charge in [-0.05, 0) is 43.0 Å². The third kappa shape index (κ3) is 4.90. The molecule has 1 amide bonds. The first-order chi connectivity index (χ1) is 12.5. The summed E-state index contributed by atoms with van der Waals surface area (Å²) in [6.07, 6.45) is 3.56. The van der Waals surface area contributed by atoms with E-state index in [-0.39, 0.29) is 17.3 Å². The van der Waals surface area contributed by atoms with Gasteiger partial charge in [0.25, 0.3) is 5.91 Å². The fraction of sp³-hybridized carbons (Fsp3) is 0.412. The Labute approximate surface area is 152 Å². The molecule has 1 atom stereocenters. The molecule has 0 spiro atoms. The summed E-state index contributed by atoms with van der Waals surface area (Å²) in [5.74, 6) is 0.0110. The Morgan fingerprint density at radius 2 is 2.23 bits per heavy atom. The average molecular weight is 378 g/mol. The minimum atomic E-state index is -3.73. The van der Waals surface area contributed by atoms with E-state index in [1.54, 1.807) is 24.4 Å². The van der Waals surface area contributed by atoms with E-state index in [1.807, 2.05) is 0 Å². The topological polar surface area (TPSA) is 113 Å². The van der Waals surface area contributed by atoms with Crippen LogP contribution in [0.4, 0.5) is 0 Å². The molecule has 26 heavy (non-hydrogen) atoms. The van der Waals surface area contributed by atoms with Gasteiger partial charge in [0.1, 0.15) is 0 Å². The number of ether oxygens (including phenoxy) is 1. The number of hydrogen-bond donors (Lipinski definition) is 3. The summed E-state index contributed by atoms with van der Waals surface area (Å²) in [4.78, 5) is 12.4. The van der Waals surface area contributed by atoms with Crippen molar-refractivity contribution in [3.05, 3.63) is 47.8 Å². The zero-order chi connectivity index (χ0) is 18.4. The van der Waals surface area contributed by atoms with Crippen LogP contribution in [0.5, 0.6) is 0 Å². The number of carbonyl (C=O) groups is 1. The standard InChI is InChI=1S/C17H22N4O4S/c22-17(18-10-13-3-2-8-25-12-13)14-4-1-5-16(9-14)26(23,24)20-11-15-6-7-19-21-15/h1,4-7,9,13,20H,2-3,8,10-12H2,(H,18,22)(H,19,21). The maximum absolute atomic E-state index is 12.4. The van der Waals surface area contributed by atoms with E-state index < -0.39 is 10.0 Å². The Hall–Kier alpha value is -2.23. The van der Waals surface area contributed by atoms with Gasteiger partial charge in [0.05, 0.1) is 23.7 Å². The molecule has 2 aromatic rings. The van der Waals surface area contributed by atoms with Crippen LogP contribution in [0.1, 0.15) is 28.9 Å². The third-order valence-corrected chi connectivity index (χ3v) is 5.62. The first-order valence-corrected chi connectivity index (χ1v) is 9.97. The molecule has 0 radical (unpaired) electrons. The van der Waals surface area contributed by atoms with Crippen molar-refractivity contribution in [1.29, 1.82) is 0 Å². The summed E-state index contributed by atoms with van der Waals surface area (Å²) < 4.78 is 32.7. The van der Waals surface area contributed by atoms with Gasteiger partial charge in [0.2, 0.25) is 10.0 Å². The molecule has 0 saturated carbocycles. The minimum absolute atomic E-state index is 0.0469. The minimum Gasteiger partial charge on any atom is -0.381 e. The van der Waals surface area contributed by atoms with Crippen LogP contribution in [0.2, 0.25) is 0 Å². The molecule has 8 nitrogen and oxygen atoms in total. The van der Waals surface area contributed by atoms with Crippen molar-refractivity contribution in [1.82, 2.24) is 20.2 Å². The van der Waals surface area contributed by atoms with E-state index in [0.29, 0.717) is 30.3 Å². The number of rotatable bonds is 7. The molecule has 3 rings (SSSR count). The lowest BCUT2D eigenvalue weighted by molar-refractivity contribution is 0.0536. The number of nitrogens with zero attached hydrogens (tertiary/aromatic N) is 1. The zero-order valence-corrected chi connectivity index (χ0v) is 15.1. The van der Waals surface area contributed by atoms with Gasteiger partial charge in [-0.3, -0.25) is 9.89 Å². The molecule has 2 heterocycles. The molecule has 1 fully saturated rings. The van der Waals surface area contributed by atoms with Crippen LogP contribution >= 0.6 is 0 Å². The van der Waals surface area contributed by atoms with Crippen LogP contribution in [0.25, 0.3) is 0 Å². The SMILES string of the molecule is O=C(NCC1CCCOC1)c1cccc(S(=O)(=O)NCc2ccn[nH]2)c1. The molecular weight excluding hydrogens is 356 g/mol. The highest BCUT2D eigenvalue weighted by Crippen LogP contribution is 2.14. The van der Waals surface area contributed by atoms with Gasteiger partial charge in [-0.25, -0.2) is 13.1 Å². The molecule has 1 aromatic carbocycles. The largest absolute Gasteiger partial charge is 0.381 e. The van der Waals surface area contributed by atoms with Gasteiger partial charge in [0, 0.05) is 24.9 Å². The van der Waals surface area contributed by atoms with Gasteiger partial charge in [-0.2, -0.15) is 5.10 Å². The highest BCUT2D eigenvalue weighted by molar-refractivity contribution is 7.89. The molecule has 140 valence electrons. The van der Waals surface area contributed by atoms with Gasteiger partial charge < -0.3 is 10.1 Å². The molecule has 1 aliphatic heterocycles. The molecule has 1 aliphatic rings. The van der Waals surface area contributed by atoms with E-state index >= 15 is 0 Å². The summed E-state index contributed by atoms with van der Waals surface area (Å²) in [5.41, 5.74) is 0.961. The van der Waals surface area contributed by atoms with E-state index in [1.165, 1.54) is 12.1 Å². The molecule has 0 bridgehead atoms. The number of amides is 1. The molecule has 1 aromatic heterocycles. The lowest BCUT2D eigenvalue weighted by Gasteiger charge is -2.22. The van der Waals surface area contributed by atoms with Crippen molar-refractivity contribution in [3.8, 4) is 0 Å². The highest BCUT2D eigenvalue weighted by Gasteiger charge is 2.18. The fourth-order valence-corrected chi connectivity index (χ4v) is 3.80. The number of aromatic nitrogens is 2. The van der Waals surface area contributed by atoms with E-state index in [0.717, 1.165) is 19.4 Å². The first kappa shape index (κ1) is 18.6. The van der Waals surface area contributed by atoms with Crippen molar-refractivity contribution in [2.75, 3.05) is 19.8 Å². The van der Waals surface area contributed by atoms with Gasteiger partial charge in [0.15, 0.2) is 0 Å². The number of H-pyrrole nitrogens is 1. The second kappa shape index (κ2) is 8.43. The van der Waals surface area contributed by atoms with Crippen molar-refractivity contribution in [2.24, 2.45) is 5.92 Å². The summed E-state index contributed by atoms with van der Waals surface area (Å²) in [6, 6.07) is 7.68. The molecule has 1 saturated heterocycles. The quantitative estimate of drug-likeness (QED) is 0.666. The van der Waals surface area contributed by atoms with Crippen LogP contribution < -0.4 is 10.0 Å². The van der Waals surface area contributed by atoms with E-state index in [9.17, 15) is 13.2 Å². The number of nitrogens with one attached hydrogen (secondary N) is 3. The Balaban J connectivity index is 1.61. The number of hydrogen-bond acceptors (Lipinski definition) is 5. The number of carbonyl (C=O) groups excluding carboxylic acids is 1. The van der Waals surface area contributed by atoms with Crippen molar-refractivity contribution >= 4 is 15.9 Å². The zero-order valence-electron chi connectivity index (χ0n) is 14.3. The highest BCUT2D eigenvalue weighted by atomic mass is 32.2. The number of sulfonamides is 1. The lowest BCUT2D eigenvalue weighted by Crippen LogP contribution is -2.33. The molecule has 0 aliphatic carbocycles. The van der Waals surface area contributed by atoms with E-state index in [4.69, 9.17) is 4.74 Å². The second-order valence-corrected chi connectivity index (χ2v) is 7.99. The second-order valence-electron chi connectivity index (χ2n) is 6.23. The molecular formula is C17H22N4O4S. The van der Waals surface area contributed by atoms with Crippen LogP contribution in [-0.2, 0) is 21.3 Å². The Bertz CT molecular complexity index is 830. The van der Waals surface area contributed by atoms with Crippen molar-refractivity contribution in [2.45, 2.75) is 24.3 Å². The predicted octanol–water partition coefficient (Wildman–Crippen LogP) is 1.04. The molecule has 3 N–H and O–H groups in total. The first-order valence-electron chi connectivity index (χ1n) is 8.48. The van der Waals surface area contributed by atoms with Crippen LogP contribution in [0.3, 0.4) is 0 Å². The van der Waals surface area contributed by atoms with Crippen molar-refractivity contribution < 1.29 is 17.9 Å². The van der Waals surface area contributed by atoms with Crippen molar-refractivity contribution in [3.63, 3.8) is 0 Å². The smallest absolute Gasteiger partial charge is 0.251 e. The summed E-state index contributed by atoms with van der Waals surface area (Å²) in [6.45, 7) is 2.04. The van der Waals surface area contributed by atoms with E-state index in [2.05, 4.69) is 20.2 Å². The number of benzene rings is 1. The average Bonchev–Trinajstić information content (AvgIpc) is 3.19. The summed E-state index contributed by atoms with van der Waals surface area (Å²) in [7, 11) is -3.73. The Morgan fingerprint density at radius 1 is 1.35 bits per heavy atom. The normalized spacial score (nSPS) is 17.8. The van der Waals surface area contributed by atoms with Gasteiger partial charge in [-0.15, -0.1) is 0 Å². The van der Waals surface area contributed by atoms with Gasteiger partial charge in [-0.1, -0.05) is 6.07 Å². The maximum atomic E-state index is 12.4. The van der Waals surface area contributed by atoms with Crippen LogP contribution in [0.15, 0.2) is 41.4 Å². The fourth-order valence-electron chi connectivity index (χ4n) is 2.75. The Morgan fingerprint density at radius 3 is 2.96 bits per heavy atom. The van der Waals surface area contributed by atoms with Crippen LogP contribution in [0, 0.1) is 5.92 Å². The van der Waals surface area contributed by atoms with Crippen LogP contribution in [-0.4, -0.2) is 44.3 Å². The lowest BCUT2D eigenvalue weighted by atomic mass is 10.0. The summed E-state index contributed by atoms with van der Waals surface area (Å²) in [5, 5.41) is 9.31. The third-order valence-electron chi connectivity index (χ3n) is 4.22. The Kier molecular flexibility index (Phi) is 6.02. The summed E-state index contributed by atoms with van der Waals surface area (Å²) >= 11 is 0. The predicted molar refractivity (Wildman–Crippen MR) is 94.9 cm³/mol. The maximum Gasteiger partial charge on any atom is 0.251 e. The number of aromatic amines is 1.